The fourth-order valence-corrected chi connectivity index (χ4v) is 2.24. The Morgan fingerprint density at radius 1 is 1.14 bits per heavy atom. The van der Waals surface area contributed by atoms with Crippen molar-refractivity contribution < 1.29 is 9.15 Å². The van der Waals surface area contributed by atoms with Crippen molar-refractivity contribution >= 4 is 10.8 Å². The Morgan fingerprint density at radius 2 is 2.00 bits per heavy atom. The molecule has 0 fully saturated rings. The molecule has 1 aromatic heterocycles. The standard InChI is InChI=1S/C17H18N2O2/c1-20-9-8-18-12-17-19-11-16(21-17)15-7-6-13-4-2-3-5-14(13)10-15/h2-7,10-11,18H,8-9,12H2,1H3. The van der Waals surface area contributed by atoms with Gasteiger partial charge in [-0.05, 0) is 16.8 Å². The molecular weight excluding hydrogens is 264 g/mol. The van der Waals surface area contributed by atoms with E-state index in [9.17, 15) is 0 Å². The number of benzene rings is 2. The summed E-state index contributed by atoms with van der Waals surface area (Å²) in [7, 11) is 1.69. The number of rotatable bonds is 6. The second-order valence-corrected chi connectivity index (χ2v) is 4.85. The van der Waals surface area contributed by atoms with Crippen molar-refractivity contribution in [1.82, 2.24) is 10.3 Å². The molecule has 4 heteroatoms. The Hall–Kier alpha value is -2.17. The van der Waals surface area contributed by atoms with Crippen LogP contribution in [0.4, 0.5) is 0 Å². The minimum absolute atomic E-state index is 0.608. The molecule has 0 unspecified atom stereocenters. The van der Waals surface area contributed by atoms with Gasteiger partial charge in [0.15, 0.2) is 5.76 Å². The highest BCUT2D eigenvalue weighted by atomic mass is 16.5. The van der Waals surface area contributed by atoms with Gasteiger partial charge in [-0.1, -0.05) is 36.4 Å². The molecule has 0 spiro atoms. The molecule has 2 aromatic carbocycles. The second kappa shape index (κ2) is 6.52. The number of methoxy groups -OCH3 is 1. The molecule has 0 aliphatic heterocycles. The maximum atomic E-state index is 5.78. The summed E-state index contributed by atoms with van der Waals surface area (Å²) in [6.45, 7) is 2.07. The van der Waals surface area contributed by atoms with Gasteiger partial charge in [0, 0.05) is 19.2 Å². The molecule has 0 saturated carbocycles. The maximum Gasteiger partial charge on any atom is 0.208 e. The highest BCUT2D eigenvalue weighted by Gasteiger charge is 2.06. The molecule has 21 heavy (non-hydrogen) atoms. The van der Waals surface area contributed by atoms with Gasteiger partial charge >= 0.3 is 0 Å². The summed E-state index contributed by atoms with van der Waals surface area (Å²) in [5.41, 5.74) is 1.05. The van der Waals surface area contributed by atoms with Gasteiger partial charge in [-0.25, -0.2) is 4.98 Å². The number of nitrogens with one attached hydrogen (secondary N) is 1. The monoisotopic (exact) mass is 282 g/mol. The number of oxazole rings is 1. The highest BCUT2D eigenvalue weighted by Crippen LogP contribution is 2.24. The first-order valence-corrected chi connectivity index (χ1v) is 7.00. The molecule has 0 amide bonds. The molecule has 0 bridgehead atoms. The summed E-state index contributed by atoms with van der Waals surface area (Å²) in [5, 5.41) is 5.64. The topological polar surface area (TPSA) is 47.3 Å². The Kier molecular flexibility index (Phi) is 4.28. The lowest BCUT2D eigenvalue weighted by Crippen LogP contribution is -2.18. The van der Waals surface area contributed by atoms with Crippen molar-refractivity contribution in [2.45, 2.75) is 6.54 Å². The van der Waals surface area contributed by atoms with Crippen LogP contribution in [0, 0.1) is 0 Å². The van der Waals surface area contributed by atoms with Gasteiger partial charge in [0.1, 0.15) is 0 Å². The summed E-state index contributed by atoms with van der Waals surface area (Å²) in [6.07, 6.45) is 1.78. The first kappa shape index (κ1) is 13.8. The quantitative estimate of drug-likeness (QED) is 0.705. The summed E-state index contributed by atoms with van der Waals surface area (Å²) < 4.78 is 10.8. The lowest BCUT2D eigenvalue weighted by atomic mass is 10.1. The van der Waals surface area contributed by atoms with Crippen molar-refractivity contribution in [2.75, 3.05) is 20.3 Å². The minimum atomic E-state index is 0.608. The molecule has 0 atom stereocenters. The summed E-state index contributed by atoms with van der Waals surface area (Å²) >= 11 is 0. The third-order valence-corrected chi connectivity index (χ3v) is 3.35. The molecule has 108 valence electrons. The third-order valence-electron chi connectivity index (χ3n) is 3.35. The predicted molar refractivity (Wildman–Crippen MR) is 83.0 cm³/mol. The van der Waals surface area contributed by atoms with Gasteiger partial charge in [-0.2, -0.15) is 0 Å². The minimum Gasteiger partial charge on any atom is -0.439 e. The zero-order valence-corrected chi connectivity index (χ0v) is 12.0. The smallest absolute Gasteiger partial charge is 0.208 e. The molecule has 1 heterocycles. The van der Waals surface area contributed by atoms with Crippen LogP contribution in [0.1, 0.15) is 5.89 Å². The van der Waals surface area contributed by atoms with Crippen LogP contribution in [-0.4, -0.2) is 25.2 Å². The average molecular weight is 282 g/mol. The predicted octanol–water partition coefficient (Wildman–Crippen LogP) is 3.23. The van der Waals surface area contributed by atoms with Crippen molar-refractivity contribution in [3.63, 3.8) is 0 Å². The van der Waals surface area contributed by atoms with E-state index in [1.165, 1.54) is 10.8 Å². The number of hydrogen-bond donors (Lipinski definition) is 1. The number of ether oxygens (including phenoxy) is 1. The van der Waals surface area contributed by atoms with Crippen molar-refractivity contribution in [3.8, 4) is 11.3 Å². The lowest BCUT2D eigenvalue weighted by molar-refractivity contribution is 0.198. The molecule has 3 rings (SSSR count). The van der Waals surface area contributed by atoms with Crippen LogP contribution < -0.4 is 5.32 Å². The Labute approximate surface area is 123 Å². The largest absolute Gasteiger partial charge is 0.439 e. The second-order valence-electron chi connectivity index (χ2n) is 4.85. The summed E-state index contributed by atoms with van der Waals surface area (Å²) in [4.78, 5) is 4.30. The Bertz CT molecular complexity index is 721. The third kappa shape index (κ3) is 3.29. The molecule has 0 aliphatic rings. The summed E-state index contributed by atoms with van der Waals surface area (Å²) in [5.74, 6) is 1.48. The molecule has 4 nitrogen and oxygen atoms in total. The normalized spacial score (nSPS) is 11.1. The van der Waals surface area contributed by atoms with Gasteiger partial charge in [-0.3, -0.25) is 0 Å². The molecular formula is C17H18N2O2. The number of fused-ring (bicyclic) bond motifs is 1. The van der Waals surface area contributed by atoms with Crippen molar-refractivity contribution in [1.29, 1.82) is 0 Å². The number of nitrogens with zero attached hydrogens (tertiary/aromatic N) is 1. The van der Waals surface area contributed by atoms with Gasteiger partial charge in [0.2, 0.25) is 5.89 Å². The van der Waals surface area contributed by atoms with Crippen LogP contribution in [0.15, 0.2) is 53.1 Å². The van der Waals surface area contributed by atoms with E-state index in [1.54, 1.807) is 13.3 Å². The Balaban J connectivity index is 1.75. The van der Waals surface area contributed by atoms with E-state index in [2.05, 4.69) is 40.6 Å². The molecule has 3 aromatic rings. The van der Waals surface area contributed by atoms with E-state index in [-0.39, 0.29) is 0 Å². The SMILES string of the molecule is COCCNCc1ncc(-c2ccc3ccccc3c2)o1. The van der Waals surface area contributed by atoms with Crippen LogP contribution in [0.2, 0.25) is 0 Å². The number of hydrogen-bond acceptors (Lipinski definition) is 4. The van der Waals surface area contributed by atoms with Gasteiger partial charge in [0.25, 0.3) is 0 Å². The molecule has 0 radical (unpaired) electrons. The van der Waals surface area contributed by atoms with Crippen LogP contribution in [0.5, 0.6) is 0 Å². The average Bonchev–Trinajstić information content (AvgIpc) is 3.00. The number of aromatic nitrogens is 1. The van der Waals surface area contributed by atoms with Gasteiger partial charge in [0.05, 0.1) is 19.3 Å². The zero-order chi connectivity index (χ0) is 14.5. The molecule has 0 saturated heterocycles. The van der Waals surface area contributed by atoms with E-state index in [0.717, 1.165) is 17.9 Å². The first-order valence-electron chi connectivity index (χ1n) is 7.00. The van der Waals surface area contributed by atoms with Crippen molar-refractivity contribution in [3.05, 3.63) is 54.6 Å². The van der Waals surface area contributed by atoms with Crippen LogP contribution in [-0.2, 0) is 11.3 Å². The fourth-order valence-electron chi connectivity index (χ4n) is 2.24. The van der Waals surface area contributed by atoms with Crippen LogP contribution in [0.25, 0.3) is 22.1 Å². The van der Waals surface area contributed by atoms with Crippen molar-refractivity contribution in [2.24, 2.45) is 0 Å². The first-order chi connectivity index (χ1) is 10.4. The molecule has 1 N–H and O–H groups in total. The van der Waals surface area contributed by atoms with E-state index in [4.69, 9.17) is 9.15 Å². The van der Waals surface area contributed by atoms with Gasteiger partial charge in [-0.15, -0.1) is 0 Å². The van der Waals surface area contributed by atoms with E-state index in [0.29, 0.717) is 19.0 Å². The fraction of sp³-hybridized carbons (Fsp3) is 0.235. The van der Waals surface area contributed by atoms with Crippen LogP contribution >= 0.6 is 0 Å². The lowest BCUT2D eigenvalue weighted by Gasteiger charge is -2.01. The van der Waals surface area contributed by atoms with E-state index < -0.39 is 0 Å². The van der Waals surface area contributed by atoms with Gasteiger partial charge < -0.3 is 14.5 Å². The maximum absolute atomic E-state index is 5.78. The Morgan fingerprint density at radius 3 is 2.86 bits per heavy atom. The van der Waals surface area contributed by atoms with Crippen LogP contribution in [0.3, 0.4) is 0 Å². The van der Waals surface area contributed by atoms with E-state index in [1.807, 2.05) is 12.1 Å². The summed E-state index contributed by atoms with van der Waals surface area (Å²) in [6, 6.07) is 14.6. The van der Waals surface area contributed by atoms with E-state index >= 15 is 0 Å². The zero-order valence-electron chi connectivity index (χ0n) is 12.0. The molecule has 0 aliphatic carbocycles. The highest BCUT2D eigenvalue weighted by molar-refractivity contribution is 5.86.